The molecule has 1 aromatic rings. The van der Waals surface area contributed by atoms with Gasteiger partial charge in [0.2, 0.25) is 0 Å². The lowest BCUT2D eigenvalue weighted by atomic mass is 10.1. The lowest BCUT2D eigenvalue weighted by Crippen LogP contribution is -2.49. The largest absolute Gasteiger partial charge is 0.314 e. The Morgan fingerprint density at radius 2 is 2.31 bits per heavy atom. The topological polar surface area (TPSA) is 15.3 Å². The Hall–Kier alpha value is -0.570. The van der Waals surface area contributed by atoms with Gasteiger partial charge in [-0.15, -0.1) is 0 Å². The van der Waals surface area contributed by atoms with Crippen LogP contribution in [-0.4, -0.2) is 30.6 Å². The summed E-state index contributed by atoms with van der Waals surface area (Å²) in [7, 11) is 0. The molecule has 0 spiro atoms. The molecule has 0 aromatic heterocycles. The first-order valence-electron chi connectivity index (χ1n) is 5.86. The molecule has 1 fully saturated rings. The van der Waals surface area contributed by atoms with Crippen LogP contribution in [0.15, 0.2) is 18.2 Å². The van der Waals surface area contributed by atoms with E-state index in [1.54, 1.807) is 0 Å². The Morgan fingerprint density at radius 1 is 1.50 bits per heavy atom. The molecule has 1 N–H and O–H groups in total. The van der Waals surface area contributed by atoms with Crippen LogP contribution in [0.3, 0.4) is 0 Å². The zero-order valence-electron chi connectivity index (χ0n) is 9.96. The third kappa shape index (κ3) is 2.76. The summed E-state index contributed by atoms with van der Waals surface area (Å²) in [5.74, 6) is 0. The highest BCUT2D eigenvalue weighted by Gasteiger charge is 2.17. The molecule has 1 heterocycles. The van der Waals surface area contributed by atoms with Crippen molar-refractivity contribution < 1.29 is 0 Å². The van der Waals surface area contributed by atoms with Crippen molar-refractivity contribution in [3.8, 4) is 0 Å². The average Bonchev–Trinajstić information content (AvgIpc) is 2.27. The second-order valence-electron chi connectivity index (χ2n) is 4.61. The highest BCUT2D eigenvalue weighted by Crippen LogP contribution is 2.18. The monoisotopic (exact) mass is 238 g/mol. The van der Waals surface area contributed by atoms with Gasteiger partial charge in [0.25, 0.3) is 0 Å². The number of halogens is 1. The van der Waals surface area contributed by atoms with Crippen LogP contribution in [0.4, 0.5) is 0 Å². The quantitative estimate of drug-likeness (QED) is 0.852. The van der Waals surface area contributed by atoms with E-state index in [4.69, 9.17) is 11.6 Å². The summed E-state index contributed by atoms with van der Waals surface area (Å²) in [6.07, 6.45) is 0. The lowest BCUT2D eigenvalue weighted by Gasteiger charge is -2.33. The first kappa shape index (κ1) is 11.9. The van der Waals surface area contributed by atoms with Crippen molar-refractivity contribution in [3.63, 3.8) is 0 Å². The molecular weight excluding hydrogens is 220 g/mol. The Kier molecular flexibility index (Phi) is 3.85. The second kappa shape index (κ2) is 5.17. The zero-order chi connectivity index (χ0) is 11.5. The lowest BCUT2D eigenvalue weighted by molar-refractivity contribution is 0.165. The normalized spacial score (nSPS) is 22.3. The fourth-order valence-corrected chi connectivity index (χ4v) is 2.29. The van der Waals surface area contributed by atoms with Crippen molar-refractivity contribution in [2.24, 2.45) is 0 Å². The summed E-state index contributed by atoms with van der Waals surface area (Å²) in [5.41, 5.74) is 2.46. The van der Waals surface area contributed by atoms with Crippen LogP contribution in [0.25, 0.3) is 0 Å². The molecule has 1 aliphatic heterocycles. The fourth-order valence-electron chi connectivity index (χ4n) is 2.09. The van der Waals surface area contributed by atoms with Gasteiger partial charge in [-0.1, -0.05) is 23.7 Å². The molecule has 0 amide bonds. The van der Waals surface area contributed by atoms with E-state index in [2.05, 4.69) is 35.3 Å². The van der Waals surface area contributed by atoms with E-state index < -0.39 is 0 Å². The van der Waals surface area contributed by atoms with Crippen molar-refractivity contribution in [2.45, 2.75) is 26.4 Å². The van der Waals surface area contributed by atoms with E-state index in [0.29, 0.717) is 6.04 Å². The minimum Gasteiger partial charge on any atom is -0.314 e. The molecule has 88 valence electrons. The molecule has 2 rings (SSSR count). The van der Waals surface area contributed by atoms with Gasteiger partial charge in [0.1, 0.15) is 0 Å². The molecular formula is C13H19ClN2. The van der Waals surface area contributed by atoms with Crippen LogP contribution in [0.1, 0.15) is 18.1 Å². The van der Waals surface area contributed by atoms with Crippen molar-refractivity contribution in [1.82, 2.24) is 10.2 Å². The molecule has 1 aromatic carbocycles. The zero-order valence-corrected chi connectivity index (χ0v) is 10.7. The maximum Gasteiger partial charge on any atom is 0.0438 e. The summed E-state index contributed by atoms with van der Waals surface area (Å²) < 4.78 is 0. The first-order valence-corrected chi connectivity index (χ1v) is 6.24. The Balaban J connectivity index is 2.05. The van der Waals surface area contributed by atoms with E-state index in [-0.39, 0.29) is 0 Å². The molecule has 3 heteroatoms. The molecule has 0 aliphatic carbocycles. The SMILES string of the molecule is Cc1ccc(CN2CCNCC2C)cc1Cl. The van der Waals surface area contributed by atoms with Crippen LogP contribution in [0.5, 0.6) is 0 Å². The van der Waals surface area contributed by atoms with Crippen LogP contribution in [0, 0.1) is 6.92 Å². The van der Waals surface area contributed by atoms with Crippen LogP contribution in [-0.2, 0) is 6.54 Å². The van der Waals surface area contributed by atoms with Gasteiger partial charge < -0.3 is 5.32 Å². The summed E-state index contributed by atoms with van der Waals surface area (Å²) in [5, 5.41) is 4.28. The number of nitrogens with one attached hydrogen (secondary N) is 1. The van der Waals surface area contributed by atoms with Crippen molar-refractivity contribution in [2.75, 3.05) is 19.6 Å². The van der Waals surface area contributed by atoms with Crippen LogP contribution < -0.4 is 5.32 Å². The molecule has 1 saturated heterocycles. The molecule has 16 heavy (non-hydrogen) atoms. The van der Waals surface area contributed by atoms with Gasteiger partial charge in [0.05, 0.1) is 0 Å². The van der Waals surface area contributed by atoms with E-state index in [0.717, 1.165) is 36.8 Å². The number of rotatable bonds is 2. The van der Waals surface area contributed by atoms with Gasteiger partial charge in [-0.05, 0) is 31.0 Å². The van der Waals surface area contributed by atoms with E-state index >= 15 is 0 Å². The van der Waals surface area contributed by atoms with Gasteiger partial charge in [-0.25, -0.2) is 0 Å². The minimum atomic E-state index is 0.605. The fraction of sp³-hybridized carbons (Fsp3) is 0.538. The molecule has 1 atom stereocenters. The third-order valence-corrected chi connectivity index (χ3v) is 3.67. The molecule has 0 radical (unpaired) electrons. The van der Waals surface area contributed by atoms with E-state index in [1.807, 2.05) is 6.92 Å². The highest BCUT2D eigenvalue weighted by molar-refractivity contribution is 6.31. The standard InChI is InChI=1S/C13H19ClN2/c1-10-3-4-12(7-13(10)14)9-16-6-5-15-8-11(16)2/h3-4,7,11,15H,5-6,8-9H2,1-2H3. The number of aryl methyl sites for hydroxylation is 1. The Labute approximate surface area is 103 Å². The smallest absolute Gasteiger partial charge is 0.0438 e. The number of hydrogen-bond donors (Lipinski definition) is 1. The first-order chi connectivity index (χ1) is 7.66. The summed E-state index contributed by atoms with van der Waals surface area (Å²) in [6.45, 7) is 8.60. The van der Waals surface area contributed by atoms with Gasteiger partial charge in [-0.3, -0.25) is 4.90 Å². The summed E-state index contributed by atoms with van der Waals surface area (Å²) in [4.78, 5) is 2.50. The maximum atomic E-state index is 6.14. The predicted molar refractivity (Wildman–Crippen MR) is 68.9 cm³/mol. The molecule has 1 aliphatic rings. The number of hydrogen-bond acceptors (Lipinski definition) is 2. The van der Waals surface area contributed by atoms with Gasteiger partial charge in [-0.2, -0.15) is 0 Å². The van der Waals surface area contributed by atoms with Gasteiger partial charge >= 0.3 is 0 Å². The second-order valence-corrected chi connectivity index (χ2v) is 5.01. The highest BCUT2D eigenvalue weighted by atomic mass is 35.5. The Bertz CT molecular complexity index is 365. The van der Waals surface area contributed by atoms with Crippen molar-refractivity contribution in [3.05, 3.63) is 34.3 Å². The van der Waals surface area contributed by atoms with Crippen LogP contribution >= 0.6 is 11.6 Å². The van der Waals surface area contributed by atoms with Gasteiger partial charge in [0.15, 0.2) is 0 Å². The van der Waals surface area contributed by atoms with Crippen molar-refractivity contribution >= 4 is 11.6 Å². The average molecular weight is 239 g/mol. The molecule has 0 bridgehead atoms. The number of benzene rings is 1. The maximum absolute atomic E-state index is 6.14. The minimum absolute atomic E-state index is 0.605. The van der Waals surface area contributed by atoms with E-state index in [9.17, 15) is 0 Å². The van der Waals surface area contributed by atoms with E-state index in [1.165, 1.54) is 5.56 Å². The van der Waals surface area contributed by atoms with Gasteiger partial charge in [0, 0.05) is 37.2 Å². The Morgan fingerprint density at radius 3 is 3.00 bits per heavy atom. The molecule has 2 nitrogen and oxygen atoms in total. The number of piperazine rings is 1. The molecule has 0 saturated carbocycles. The summed E-state index contributed by atoms with van der Waals surface area (Å²) >= 11 is 6.14. The molecule has 1 unspecified atom stereocenters. The third-order valence-electron chi connectivity index (χ3n) is 3.26. The predicted octanol–water partition coefficient (Wildman–Crippen LogP) is 2.44. The van der Waals surface area contributed by atoms with Crippen molar-refractivity contribution in [1.29, 1.82) is 0 Å². The summed E-state index contributed by atoms with van der Waals surface area (Å²) in [6, 6.07) is 6.97. The number of nitrogens with zero attached hydrogens (tertiary/aromatic N) is 1. The van der Waals surface area contributed by atoms with Crippen LogP contribution in [0.2, 0.25) is 5.02 Å².